The summed E-state index contributed by atoms with van der Waals surface area (Å²) in [5, 5.41) is 0. The first-order valence-corrected chi connectivity index (χ1v) is 7.41. The minimum atomic E-state index is -0.686. The summed E-state index contributed by atoms with van der Waals surface area (Å²) in [6.45, 7) is 5.97. The van der Waals surface area contributed by atoms with Crippen LogP contribution >= 0.6 is 0 Å². The second kappa shape index (κ2) is 8.26. The molecule has 1 rings (SSSR count). The number of ether oxygens (including phenoxy) is 1. The molecule has 0 bridgehead atoms. The van der Waals surface area contributed by atoms with Gasteiger partial charge in [0.25, 0.3) is 5.91 Å². The van der Waals surface area contributed by atoms with Crippen LogP contribution < -0.4 is 0 Å². The average molecular weight is 321 g/mol. The average Bonchev–Trinajstić information content (AvgIpc) is 2.56. The molecule has 0 aliphatic heterocycles. The molecule has 1 aromatic heterocycles. The quantitative estimate of drug-likeness (QED) is 0.736. The fraction of sp³-hybridized carbons (Fsp3) is 0.500. The van der Waals surface area contributed by atoms with Crippen molar-refractivity contribution in [1.29, 1.82) is 0 Å². The minimum absolute atomic E-state index is 0.0538. The maximum atomic E-state index is 12.8. The van der Waals surface area contributed by atoms with Crippen LogP contribution in [0.5, 0.6) is 0 Å². The van der Waals surface area contributed by atoms with E-state index in [9.17, 15) is 14.4 Å². The number of esters is 1. The van der Waals surface area contributed by atoms with E-state index in [1.54, 1.807) is 13.1 Å². The fourth-order valence-corrected chi connectivity index (χ4v) is 1.92. The van der Waals surface area contributed by atoms with Gasteiger partial charge in [-0.3, -0.25) is 9.59 Å². The second-order valence-corrected chi connectivity index (χ2v) is 5.33. The molecule has 0 atom stereocenters. The number of hydrogen-bond donors (Lipinski definition) is 0. The van der Waals surface area contributed by atoms with Crippen molar-refractivity contribution in [3.63, 3.8) is 0 Å². The van der Waals surface area contributed by atoms with Gasteiger partial charge in [0.15, 0.2) is 5.69 Å². The molecule has 0 N–H and O–H groups in total. The van der Waals surface area contributed by atoms with Crippen LogP contribution in [0.15, 0.2) is 18.3 Å². The van der Waals surface area contributed by atoms with Gasteiger partial charge in [0, 0.05) is 25.8 Å². The summed E-state index contributed by atoms with van der Waals surface area (Å²) in [7, 11) is 2.90. The highest BCUT2D eigenvalue weighted by molar-refractivity contribution is 6.05. The Bertz CT molecular complexity index is 586. The van der Waals surface area contributed by atoms with Crippen LogP contribution in [0.4, 0.5) is 0 Å². The first-order valence-electron chi connectivity index (χ1n) is 7.41. The van der Waals surface area contributed by atoms with E-state index in [2.05, 4.69) is 9.72 Å². The van der Waals surface area contributed by atoms with E-state index in [0.29, 0.717) is 6.54 Å². The zero-order valence-electron chi connectivity index (χ0n) is 14.2. The Morgan fingerprint density at radius 3 is 2.48 bits per heavy atom. The number of likely N-dealkylation sites (N-methyl/N-ethyl adjacent to an activating group) is 1. The molecule has 0 radical (unpaired) electrons. The maximum absolute atomic E-state index is 12.8. The highest BCUT2D eigenvalue weighted by Gasteiger charge is 2.27. The number of pyridine rings is 1. The van der Waals surface area contributed by atoms with E-state index in [-0.39, 0.29) is 29.8 Å². The Morgan fingerprint density at radius 1 is 1.30 bits per heavy atom. The van der Waals surface area contributed by atoms with Gasteiger partial charge in [0.2, 0.25) is 5.91 Å². The molecule has 0 spiro atoms. The standard InChI is InChI=1S/C16H23N3O4/c1-6-18(4)13(20)10-19(11(2)3)15(21)12-8-7-9-17-14(12)16(22)23-5/h7-9,11H,6,10H2,1-5H3. The summed E-state index contributed by atoms with van der Waals surface area (Å²) >= 11 is 0. The maximum Gasteiger partial charge on any atom is 0.357 e. The van der Waals surface area contributed by atoms with Crippen LogP contribution in [-0.4, -0.2) is 65.9 Å². The summed E-state index contributed by atoms with van der Waals surface area (Å²) in [6, 6.07) is 2.87. The molecule has 0 aliphatic rings. The van der Waals surface area contributed by atoms with E-state index >= 15 is 0 Å². The van der Waals surface area contributed by atoms with Crippen molar-refractivity contribution in [3.8, 4) is 0 Å². The predicted molar refractivity (Wildman–Crippen MR) is 85.1 cm³/mol. The number of aromatic nitrogens is 1. The van der Waals surface area contributed by atoms with Crippen molar-refractivity contribution >= 4 is 17.8 Å². The number of rotatable bonds is 6. The van der Waals surface area contributed by atoms with Crippen molar-refractivity contribution in [2.24, 2.45) is 0 Å². The van der Waals surface area contributed by atoms with Crippen molar-refractivity contribution in [2.45, 2.75) is 26.8 Å². The van der Waals surface area contributed by atoms with E-state index < -0.39 is 11.9 Å². The Kier molecular flexibility index (Phi) is 6.68. The smallest absolute Gasteiger partial charge is 0.357 e. The lowest BCUT2D eigenvalue weighted by Gasteiger charge is -2.28. The SMILES string of the molecule is CCN(C)C(=O)CN(C(=O)c1cccnc1C(=O)OC)C(C)C. The van der Waals surface area contributed by atoms with Gasteiger partial charge in [-0.1, -0.05) is 0 Å². The van der Waals surface area contributed by atoms with Gasteiger partial charge >= 0.3 is 5.97 Å². The van der Waals surface area contributed by atoms with E-state index in [1.807, 2.05) is 20.8 Å². The topological polar surface area (TPSA) is 79.8 Å². The van der Waals surface area contributed by atoms with Crippen molar-refractivity contribution in [2.75, 3.05) is 27.2 Å². The van der Waals surface area contributed by atoms with Gasteiger partial charge in [0.1, 0.15) is 6.54 Å². The Labute approximate surface area is 136 Å². The summed E-state index contributed by atoms with van der Waals surface area (Å²) in [5.41, 5.74) is 0.0712. The van der Waals surface area contributed by atoms with E-state index in [4.69, 9.17) is 0 Å². The Hall–Kier alpha value is -2.44. The van der Waals surface area contributed by atoms with Crippen LogP contribution in [0.25, 0.3) is 0 Å². The molecule has 0 fully saturated rings. The van der Waals surface area contributed by atoms with Crippen LogP contribution in [0, 0.1) is 0 Å². The molecule has 7 heteroatoms. The molecule has 1 aromatic rings. The minimum Gasteiger partial charge on any atom is -0.464 e. The second-order valence-electron chi connectivity index (χ2n) is 5.33. The first kappa shape index (κ1) is 18.6. The van der Waals surface area contributed by atoms with Gasteiger partial charge < -0.3 is 14.5 Å². The number of carbonyl (C=O) groups excluding carboxylic acids is 3. The van der Waals surface area contributed by atoms with Crippen LogP contribution in [0.2, 0.25) is 0 Å². The van der Waals surface area contributed by atoms with Gasteiger partial charge in [0.05, 0.1) is 12.7 Å². The molecule has 0 saturated heterocycles. The summed E-state index contributed by atoms with van der Waals surface area (Å²) in [6.07, 6.45) is 1.42. The van der Waals surface area contributed by atoms with E-state index in [1.165, 1.54) is 29.2 Å². The van der Waals surface area contributed by atoms with Gasteiger partial charge in [-0.15, -0.1) is 0 Å². The lowest BCUT2D eigenvalue weighted by Crippen LogP contribution is -2.45. The molecule has 0 unspecified atom stereocenters. The molecular weight excluding hydrogens is 298 g/mol. The normalized spacial score (nSPS) is 10.3. The molecule has 2 amide bonds. The molecular formula is C16H23N3O4. The monoisotopic (exact) mass is 321 g/mol. The highest BCUT2D eigenvalue weighted by atomic mass is 16.5. The number of methoxy groups -OCH3 is 1. The number of carbonyl (C=O) groups is 3. The molecule has 0 aromatic carbocycles. The predicted octanol–water partition coefficient (Wildman–Crippen LogP) is 1.20. The third-order valence-corrected chi connectivity index (χ3v) is 3.51. The summed E-state index contributed by atoms with van der Waals surface area (Å²) in [5.74, 6) is -1.28. The van der Waals surface area contributed by atoms with Gasteiger partial charge in [-0.2, -0.15) is 0 Å². The van der Waals surface area contributed by atoms with Gasteiger partial charge in [-0.05, 0) is 32.9 Å². The zero-order chi connectivity index (χ0) is 17.6. The molecule has 0 aliphatic carbocycles. The van der Waals surface area contributed by atoms with Crippen molar-refractivity contribution in [3.05, 3.63) is 29.6 Å². The van der Waals surface area contributed by atoms with Crippen molar-refractivity contribution < 1.29 is 19.1 Å². The molecule has 1 heterocycles. The number of hydrogen-bond acceptors (Lipinski definition) is 5. The summed E-state index contributed by atoms with van der Waals surface area (Å²) < 4.78 is 4.66. The first-order chi connectivity index (χ1) is 10.8. The number of amides is 2. The molecule has 7 nitrogen and oxygen atoms in total. The van der Waals surface area contributed by atoms with Gasteiger partial charge in [-0.25, -0.2) is 9.78 Å². The van der Waals surface area contributed by atoms with Crippen LogP contribution in [-0.2, 0) is 9.53 Å². The Morgan fingerprint density at radius 2 is 1.96 bits per heavy atom. The molecule has 23 heavy (non-hydrogen) atoms. The van der Waals surface area contributed by atoms with Crippen LogP contribution in [0.1, 0.15) is 41.6 Å². The lowest BCUT2D eigenvalue weighted by molar-refractivity contribution is -0.130. The third-order valence-electron chi connectivity index (χ3n) is 3.51. The van der Waals surface area contributed by atoms with Crippen LogP contribution in [0.3, 0.4) is 0 Å². The third kappa shape index (κ3) is 4.51. The lowest BCUT2D eigenvalue weighted by atomic mass is 10.1. The highest BCUT2D eigenvalue weighted by Crippen LogP contribution is 2.13. The largest absolute Gasteiger partial charge is 0.464 e. The fourth-order valence-electron chi connectivity index (χ4n) is 1.92. The Balaban J connectivity index is 3.13. The van der Waals surface area contributed by atoms with Crippen molar-refractivity contribution in [1.82, 2.24) is 14.8 Å². The van der Waals surface area contributed by atoms with E-state index in [0.717, 1.165) is 0 Å². The number of nitrogens with zero attached hydrogens (tertiary/aromatic N) is 3. The zero-order valence-corrected chi connectivity index (χ0v) is 14.2. The molecule has 0 saturated carbocycles. The summed E-state index contributed by atoms with van der Waals surface area (Å²) in [4.78, 5) is 43.6. The molecule has 126 valence electrons.